The Balaban J connectivity index is 1.47. The van der Waals surface area contributed by atoms with E-state index in [4.69, 9.17) is 4.98 Å². The van der Waals surface area contributed by atoms with Gasteiger partial charge in [0.25, 0.3) is 0 Å². The summed E-state index contributed by atoms with van der Waals surface area (Å²) in [5.41, 5.74) is 10.3. The Bertz CT molecular complexity index is 1880. The number of benzene rings is 3. The number of nitrogens with one attached hydrogen (secondary N) is 2. The lowest BCUT2D eigenvalue weighted by atomic mass is 9.97. The highest BCUT2D eigenvalue weighted by atomic mass is 15.1. The molecule has 0 spiro atoms. The Hall–Kier alpha value is -4.61. The predicted molar refractivity (Wildman–Crippen MR) is 153 cm³/mol. The van der Waals surface area contributed by atoms with Crippen molar-refractivity contribution in [2.75, 3.05) is 14.1 Å². The average Bonchev–Trinajstić information content (AvgIpc) is 3.66. The molecule has 37 heavy (non-hydrogen) atoms. The van der Waals surface area contributed by atoms with Gasteiger partial charge in [-0.15, -0.1) is 0 Å². The second kappa shape index (κ2) is 8.50. The van der Waals surface area contributed by atoms with E-state index in [1.165, 1.54) is 33.0 Å². The molecule has 0 radical (unpaired) electrons. The number of hydrogen-bond donors (Lipinski definition) is 2. The lowest BCUT2D eigenvalue weighted by Gasteiger charge is -2.11. The molecule has 0 amide bonds. The van der Waals surface area contributed by atoms with Crippen LogP contribution in [0.1, 0.15) is 5.56 Å². The highest BCUT2D eigenvalue weighted by Crippen LogP contribution is 2.39. The normalized spacial score (nSPS) is 11.9. The summed E-state index contributed by atoms with van der Waals surface area (Å²) >= 11 is 0. The van der Waals surface area contributed by atoms with Crippen molar-refractivity contribution in [1.82, 2.24) is 24.4 Å². The van der Waals surface area contributed by atoms with Crippen LogP contribution in [0.2, 0.25) is 0 Å². The number of nitrogens with zero attached hydrogens (tertiary/aromatic N) is 3. The molecule has 0 bridgehead atoms. The van der Waals surface area contributed by atoms with Crippen LogP contribution in [0, 0.1) is 0 Å². The van der Waals surface area contributed by atoms with E-state index in [1.54, 1.807) is 0 Å². The molecule has 4 heterocycles. The zero-order valence-corrected chi connectivity index (χ0v) is 20.9. The van der Waals surface area contributed by atoms with E-state index in [0.717, 1.165) is 39.9 Å². The molecule has 0 atom stereocenters. The second-order valence-corrected chi connectivity index (χ2v) is 9.93. The van der Waals surface area contributed by atoms with Gasteiger partial charge in [-0.25, -0.2) is 4.98 Å². The third-order valence-corrected chi connectivity index (χ3v) is 7.13. The van der Waals surface area contributed by atoms with Gasteiger partial charge in [-0.3, -0.25) is 0 Å². The fraction of sp³-hybridized carbons (Fsp3) is 0.0938. The largest absolute Gasteiger partial charge is 0.361 e. The molecule has 0 saturated heterocycles. The Morgan fingerprint density at radius 3 is 2.03 bits per heavy atom. The van der Waals surface area contributed by atoms with E-state index >= 15 is 0 Å². The lowest BCUT2D eigenvalue weighted by Crippen LogP contribution is -2.10. The quantitative estimate of drug-likeness (QED) is 0.269. The van der Waals surface area contributed by atoms with Gasteiger partial charge in [0, 0.05) is 59.0 Å². The summed E-state index contributed by atoms with van der Waals surface area (Å²) in [4.78, 5) is 13.8. The Morgan fingerprint density at radius 2 is 1.38 bits per heavy atom. The van der Waals surface area contributed by atoms with Gasteiger partial charge in [0.1, 0.15) is 5.65 Å². The lowest BCUT2D eigenvalue weighted by molar-refractivity contribution is 0.402. The number of hydrogen-bond acceptors (Lipinski definition) is 2. The SMILES string of the molecule is CN(C)Cc1ccc(-n2cc(-c3ccc4cc[nH]c4c3)c3c(-c4ccc5cc[nH]c5c4)ccnc32)cc1. The maximum atomic E-state index is 4.90. The van der Waals surface area contributed by atoms with Crippen LogP contribution < -0.4 is 0 Å². The molecule has 5 heteroatoms. The third kappa shape index (κ3) is 3.72. The van der Waals surface area contributed by atoms with Crippen LogP contribution in [0.5, 0.6) is 0 Å². The van der Waals surface area contributed by atoms with Crippen molar-refractivity contribution in [1.29, 1.82) is 0 Å². The predicted octanol–water partition coefficient (Wildman–Crippen LogP) is 7.38. The van der Waals surface area contributed by atoms with Gasteiger partial charge < -0.3 is 19.4 Å². The summed E-state index contributed by atoms with van der Waals surface area (Å²) in [5, 5.41) is 3.57. The molecule has 0 fully saturated rings. The first-order valence-electron chi connectivity index (χ1n) is 12.5. The van der Waals surface area contributed by atoms with Crippen molar-refractivity contribution in [3.8, 4) is 27.9 Å². The van der Waals surface area contributed by atoms with Gasteiger partial charge in [-0.05, 0) is 89.6 Å². The summed E-state index contributed by atoms with van der Waals surface area (Å²) in [6.45, 7) is 0.914. The number of rotatable bonds is 5. The van der Waals surface area contributed by atoms with Gasteiger partial charge >= 0.3 is 0 Å². The number of pyridine rings is 1. The Kier molecular flexibility index (Phi) is 4.98. The number of fused-ring (bicyclic) bond motifs is 3. The van der Waals surface area contributed by atoms with E-state index in [9.17, 15) is 0 Å². The molecule has 0 aliphatic rings. The van der Waals surface area contributed by atoms with Crippen molar-refractivity contribution in [3.63, 3.8) is 0 Å². The van der Waals surface area contributed by atoms with Gasteiger partial charge in [0.15, 0.2) is 0 Å². The Labute approximate surface area is 215 Å². The Morgan fingerprint density at radius 1 is 0.730 bits per heavy atom. The second-order valence-electron chi connectivity index (χ2n) is 9.93. The van der Waals surface area contributed by atoms with Crippen LogP contribution in [-0.4, -0.2) is 38.5 Å². The maximum Gasteiger partial charge on any atom is 0.145 e. The van der Waals surface area contributed by atoms with Crippen molar-refractivity contribution in [2.24, 2.45) is 0 Å². The van der Waals surface area contributed by atoms with Gasteiger partial charge in [-0.2, -0.15) is 0 Å². The molecule has 0 saturated carbocycles. The first kappa shape index (κ1) is 21.7. The first-order valence-corrected chi connectivity index (χ1v) is 12.5. The fourth-order valence-corrected chi connectivity index (χ4v) is 5.37. The zero-order valence-electron chi connectivity index (χ0n) is 20.9. The molecule has 4 aromatic heterocycles. The summed E-state index contributed by atoms with van der Waals surface area (Å²) in [7, 11) is 4.19. The molecular weight excluding hydrogens is 454 g/mol. The summed E-state index contributed by atoms with van der Waals surface area (Å²) in [6, 6.07) is 28.4. The molecule has 7 rings (SSSR count). The van der Waals surface area contributed by atoms with Gasteiger partial charge in [-0.1, -0.05) is 36.4 Å². The van der Waals surface area contributed by atoms with Crippen molar-refractivity contribution in [2.45, 2.75) is 6.54 Å². The number of H-pyrrole nitrogens is 2. The smallest absolute Gasteiger partial charge is 0.145 e. The molecule has 180 valence electrons. The van der Waals surface area contributed by atoms with Crippen LogP contribution in [-0.2, 0) is 6.54 Å². The minimum atomic E-state index is 0.914. The van der Waals surface area contributed by atoms with Crippen molar-refractivity contribution in [3.05, 3.63) is 109 Å². The van der Waals surface area contributed by atoms with Crippen molar-refractivity contribution < 1.29 is 0 Å². The summed E-state index contributed by atoms with van der Waals surface area (Å²) in [6.07, 6.45) is 8.14. The van der Waals surface area contributed by atoms with E-state index in [2.05, 4.69) is 119 Å². The standard InChI is InChI=1S/C32H27N5/c1-36(2)19-21-3-9-26(10-4-21)37-20-28(25-8-6-23-12-15-34-30(23)18-25)31-27(13-16-35-32(31)37)24-7-5-22-11-14-33-29(22)17-24/h3-18,20,33-34H,19H2,1-2H3. The topological polar surface area (TPSA) is 52.6 Å². The molecule has 0 aliphatic heterocycles. The molecule has 7 aromatic rings. The van der Waals surface area contributed by atoms with Crippen LogP contribution in [0.4, 0.5) is 0 Å². The van der Waals surface area contributed by atoms with Gasteiger partial charge in [0.05, 0.1) is 0 Å². The van der Waals surface area contributed by atoms with Crippen LogP contribution in [0.3, 0.4) is 0 Å². The van der Waals surface area contributed by atoms with E-state index in [-0.39, 0.29) is 0 Å². The van der Waals surface area contributed by atoms with Gasteiger partial charge in [0.2, 0.25) is 0 Å². The number of aromatic nitrogens is 4. The van der Waals surface area contributed by atoms with Crippen LogP contribution >= 0.6 is 0 Å². The fourth-order valence-electron chi connectivity index (χ4n) is 5.37. The van der Waals surface area contributed by atoms with E-state index in [0.29, 0.717) is 0 Å². The zero-order chi connectivity index (χ0) is 24.9. The highest BCUT2D eigenvalue weighted by Gasteiger charge is 2.18. The highest BCUT2D eigenvalue weighted by molar-refractivity contribution is 6.06. The molecule has 2 N–H and O–H groups in total. The monoisotopic (exact) mass is 481 g/mol. The molecule has 0 unspecified atom stereocenters. The summed E-state index contributed by atoms with van der Waals surface area (Å²) < 4.78 is 2.22. The first-order chi connectivity index (χ1) is 18.1. The van der Waals surface area contributed by atoms with E-state index < -0.39 is 0 Å². The minimum absolute atomic E-state index is 0.914. The molecular formula is C32H27N5. The third-order valence-electron chi connectivity index (χ3n) is 7.13. The minimum Gasteiger partial charge on any atom is -0.361 e. The molecule has 0 aliphatic carbocycles. The van der Waals surface area contributed by atoms with Crippen molar-refractivity contribution >= 4 is 32.8 Å². The summed E-state index contributed by atoms with van der Waals surface area (Å²) in [5.74, 6) is 0. The van der Waals surface area contributed by atoms with E-state index in [1.807, 2.05) is 18.6 Å². The molecule has 5 nitrogen and oxygen atoms in total. The maximum absolute atomic E-state index is 4.90. The number of aromatic amines is 2. The van der Waals surface area contributed by atoms with Crippen LogP contribution in [0.25, 0.3) is 60.8 Å². The molecule has 3 aromatic carbocycles. The average molecular weight is 482 g/mol. The van der Waals surface area contributed by atoms with Crippen LogP contribution in [0.15, 0.2) is 104 Å².